The van der Waals surface area contributed by atoms with Crippen molar-refractivity contribution in [3.8, 4) is 11.1 Å². The monoisotopic (exact) mass is 425 g/mol. The normalized spacial score (nSPS) is 14.7. The first kappa shape index (κ1) is 20.3. The maximum Gasteiger partial charge on any atom is 0.410 e. The molecular formula is C23H24ClN3O3. The predicted octanol–water partition coefficient (Wildman–Crippen LogP) is 5.20. The van der Waals surface area contributed by atoms with Gasteiger partial charge in [0.1, 0.15) is 5.60 Å². The summed E-state index contributed by atoms with van der Waals surface area (Å²) in [6, 6.07) is 11.6. The Bertz CT molecular complexity index is 1200. The predicted molar refractivity (Wildman–Crippen MR) is 120 cm³/mol. The number of halogens is 1. The molecule has 0 saturated carbocycles. The zero-order chi connectivity index (χ0) is 21.5. The topological polar surface area (TPSA) is 78.2 Å². The largest absolute Gasteiger partial charge is 0.444 e. The van der Waals surface area contributed by atoms with Crippen LogP contribution in [0.5, 0.6) is 0 Å². The Morgan fingerprint density at radius 2 is 1.83 bits per heavy atom. The van der Waals surface area contributed by atoms with E-state index in [2.05, 4.69) is 16.0 Å². The Morgan fingerprint density at radius 3 is 2.60 bits per heavy atom. The van der Waals surface area contributed by atoms with E-state index in [4.69, 9.17) is 16.3 Å². The fourth-order valence-electron chi connectivity index (χ4n) is 3.62. The van der Waals surface area contributed by atoms with E-state index in [1.807, 2.05) is 57.2 Å². The molecule has 3 aromatic rings. The number of imidazole rings is 1. The number of hydrogen-bond donors (Lipinski definition) is 2. The van der Waals surface area contributed by atoms with Crippen molar-refractivity contribution in [3.05, 3.63) is 63.5 Å². The zero-order valence-electron chi connectivity index (χ0n) is 17.2. The van der Waals surface area contributed by atoms with Crippen LogP contribution in [0, 0.1) is 0 Å². The highest BCUT2D eigenvalue weighted by Gasteiger charge is 2.25. The van der Waals surface area contributed by atoms with Crippen LogP contribution < -0.4 is 5.69 Å². The lowest BCUT2D eigenvalue weighted by Crippen LogP contribution is -2.39. The molecule has 0 radical (unpaired) electrons. The third-order valence-electron chi connectivity index (χ3n) is 4.97. The van der Waals surface area contributed by atoms with E-state index in [1.165, 1.54) is 0 Å². The first-order valence-electron chi connectivity index (χ1n) is 9.89. The third-order valence-corrected chi connectivity index (χ3v) is 5.38. The van der Waals surface area contributed by atoms with Gasteiger partial charge in [-0.2, -0.15) is 0 Å². The molecule has 0 fully saturated rings. The van der Waals surface area contributed by atoms with Crippen molar-refractivity contribution in [1.82, 2.24) is 14.9 Å². The van der Waals surface area contributed by atoms with Crippen LogP contribution in [0.3, 0.4) is 0 Å². The number of ether oxygens (including phenoxy) is 1. The van der Waals surface area contributed by atoms with Crippen LogP contribution in [0.15, 0.2) is 47.3 Å². The molecule has 156 valence electrons. The van der Waals surface area contributed by atoms with E-state index in [0.29, 0.717) is 18.1 Å². The van der Waals surface area contributed by atoms with Gasteiger partial charge in [0.2, 0.25) is 0 Å². The standard InChI is InChI=1S/C23H24ClN3O3/c1-23(2,3)30-22(29)27-11-5-6-15(13-27)17-8-4-7-16(20(17)24)14-9-10-18-19(12-14)26-21(28)25-18/h4,6-10,12H,5,11,13H2,1-3H3,(H2,25,26,28). The van der Waals surface area contributed by atoms with E-state index in [9.17, 15) is 9.59 Å². The number of nitrogens with one attached hydrogen (secondary N) is 2. The zero-order valence-corrected chi connectivity index (χ0v) is 18.0. The lowest BCUT2D eigenvalue weighted by molar-refractivity contribution is 0.0273. The molecule has 7 heteroatoms. The summed E-state index contributed by atoms with van der Waals surface area (Å²) in [5.41, 5.74) is 4.37. The summed E-state index contributed by atoms with van der Waals surface area (Å²) in [5.74, 6) is 0. The molecule has 1 aliphatic rings. The number of aromatic nitrogens is 2. The minimum atomic E-state index is -0.534. The molecule has 0 unspecified atom stereocenters. The number of rotatable bonds is 2. The Morgan fingerprint density at radius 1 is 1.10 bits per heavy atom. The Balaban J connectivity index is 1.64. The minimum absolute atomic E-state index is 0.239. The highest BCUT2D eigenvalue weighted by Crippen LogP contribution is 2.36. The Labute approximate surface area is 179 Å². The van der Waals surface area contributed by atoms with Gasteiger partial charge in [0, 0.05) is 18.7 Å². The summed E-state index contributed by atoms with van der Waals surface area (Å²) < 4.78 is 5.52. The van der Waals surface area contributed by atoms with Gasteiger partial charge in [-0.3, -0.25) is 0 Å². The van der Waals surface area contributed by atoms with Crippen molar-refractivity contribution in [3.63, 3.8) is 0 Å². The van der Waals surface area contributed by atoms with Gasteiger partial charge in [-0.05, 0) is 56.0 Å². The van der Waals surface area contributed by atoms with E-state index in [0.717, 1.165) is 39.7 Å². The second kappa shape index (κ2) is 7.69. The molecule has 1 aromatic heterocycles. The van der Waals surface area contributed by atoms with Gasteiger partial charge < -0.3 is 19.6 Å². The van der Waals surface area contributed by atoms with Gasteiger partial charge in [-0.15, -0.1) is 0 Å². The third kappa shape index (κ3) is 4.14. The minimum Gasteiger partial charge on any atom is -0.444 e. The van der Waals surface area contributed by atoms with E-state index in [-0.39, 0.29) is 11.8 Å². The number of amides is 1. The molecule has 0 aliphatic carbocycles. The number of carbonyl (C=O) groups excluding carboxylic acids is 1. The Hall–Kier alpha value is -2.99. The van der Waals surface area contributed by atoms with Crippen LogP contribution in [0.2, 0.25) is 5.02 Å². The summed E-state index contributed by atoms with van der Waals surface area (Å²) in [6.45, 7) is 6.65. The first-order chi connectivity index (χ1) is 14.2. The molecule has 1 amide bonds. The quantitative estimate of drug-likeness (QED) is 0.592. The van der Waals surface area contributed by atoms with Crippen molar-refractivity contribution < 1.29 is 9.53 Å². The number of H-pyrrole nitrogens is 2. The summed E-state index contributed by atoms with van der Waals surface area (Å²) in [4.78, 5) is 31.3. The van der Waals surface area contributed by atoms with Gasteiger partial charge >= 0.3 is 11.8 Å². The van der Waals surface area contributed by atoms with Crippen LogP contribution >= 0.6 is 11.6 Å². The van der Waals surface area contributed by atoms with E-state index >= 15 is 0 Å². The number of fused-ring (bicyclic) bond motifs is 1. The molecule has 0 spiro atoms. The number of carbonyl (C=O) groups is 1. The smallest absolute Gasteiger partial charge is 0.410 e. The van der Waals surface area contributed by atoms with Crippen LogP contribution in [0.4, 0.5) is 4.79 Å². The molecular weight excluding hydrogens is 402 g/mol. The van der Waals surface area contributed by atoms with Crippen molar-refractivity contribution in [2.45, 2.75) is 32.8 Å². The van der Waals surface area contributed by atoms with Crippen LogP contribution in [-0.2, 0) is 4.74 Å². The molecule has 2 heterocycles. The Kier molecular flexibility index (Phi) is 5.20. The van der Waals surface area contributed by atoms with Crippen molar-refractivity contribution >= 4 is 34.3 Å². The summed E-state index contributed by atoms with van der Waals surface area (Å²) >= 11 is 6.81. The van der Waals surface area contributed by atoms with Gasteiger partial charge in [0.25, 0.3) is 0 Å². The number of nitrogens with zero attached hydrogens (tertiary/aromatic N) is 1. The maximum absolute atomic E-state index is 12.5. The molecule has 6 nitrogen and oxygen atoms in total. The number of hydrogen-bond acceptors (Lipinski definition) is 3. The molecule has 2 aromatic carbocycles. The van der Waals surface area contributed by atoms with E-state index in [1.54, 1.807) is 4.90 Å². The van der Waals surface area contributed by atoms with Crippen LogP contribution in [0.1, 0.15) is 32.8 Å². The SMILES string of the molecule is CC(C)(C)OC(=O)N1CCC=C(c2cccc(-c3ccc4[nH]c(=O)[nH]c4c3)c2Cl)C1. The molecule has 2 N–H and O–H groups in total. The average Bonchev–Trinajstić information content (AvgIpc) is 3.06. The highest BCUT2D eigenvalue weighted by molar-refractivity contribution is 6.35. The van der Waals surface area contributed by atoms with Gasteiger partial charge in [0.15, 0.2) is 0 Å². The van der Waals surface area contributed by atoms with Crippen LogP contribution in [-0.4, -0.2) is 39.7 Å². The molecule has 0 atom stereocenters. The lowest BCUT2D eigenvalue weighted by Gasteiger charge is -2.30. The number of aromatic amines is 2. The van der Waals surface area contributed by atoms with Crippen molar-refractivity contribution in [2.75, 3.05) is 13.1 Å². The molecule has 4 rings (SSSR count). The van der Waals surface area contributed by atoms with Gasteiger partial charge in [-0.1, -0.05) is 41.9 Å². The van der Waals surface area contributed by atoms with Gasteiger partial charge in [-0.25, -0.2) is 9.59 Å². The molecule has 0 saturated heterocycles. The first-order valence-corrected chi connectivity index (χ1v) is 10.3. The fraction of sp³-hybridized carbons (Fsp3) is 0.304. The second-order valence-electron chi connectivity index (χ2n) is 8.43. The lowest BCUT2D eigenvalue weighted by atomic mass is 9.96. The molecule has 1 aliphatic heterocycles. The summed E-state index contributed by atoms with van der Waals surface area (Å²) in [6.07, 6.45) is 2.55. The maximum atomic E-state index is 12.5. The number of benzene rings is 2. The molecule has 0 bridgehead atoms. The summed E-state index contributed by atoms with van der Waals surface area (Å²) in [7, 11) is 0. The highest BCUT2D eigenvalue weighted by atomic mass is 35.5. The molecule has 30 heavy (non-hydrogen) atoms. The van der Waals surface area contributed by atoms with Crippen molar-refractivity contribution in [1.29, 1.82) is 0 Å². The average molecular weight is 426 g/mol. The second-order valence-corrected chi connectivity index (χ2v) is 8.80. The fourth-order valence-corrected chi connectivity index (χ4v) is 3.98. The van der Waals surface area contributed by atoms with Crippen LogP contribution in [0.25, 0.3) is 27.7 Å². The van der Waals surface area contributed by atoms with E-state index < -0.39 is 5.60 Å². The van der Waals surface area contributed by atoms with Crippen molar-refractivity contribution in [2.24, 2.45) is 0 Å². The van der Waals surface area contributed by atoms with Gasteiger partial charge in [0.05, 0.1) is 16.1 Å². The summed E-state index contributed by atoms with van der Waals surface area (Å²) in [5, 5.41) is 0.618.